The summed E-state index contributed by atoms with van der Waals surface area (Å²) in [5.41, 5.74) is 7.20. The van der Waals surface area contributed by atoms with Crippen molar-refractivity contribution >= 4 is 48.0 Å². The van der Waals surface area contributed by atoms with E-state index >= 15 is 0 Å². The average Bonchev–Trinajstić information content (AvgIpc) is 3.08. The molecule has 2 heterocycles. The van der Waals surface area contributed by atoms with Gasteiger partial charge in [0.15, 0.2) is 0 Å². The third kappa shape index (κ3) is 5.67. The number of thiazole rings is 1. The Morgan fingerprint density at radius 1 is 1.29 bits per heavy atom. The van der Waals surface area contributed by atoms with Crippen LogP contribution in [0.15, 0.2) is 30.3 Å². The van der Waals surface area contributed by atoms with Crippen molar-refractivity contribution in [1.29, 1.82) is 0 Å². The van der Waals surface area contributed by atoms with Gasteiger partial charge in [0.2, 0.25) is 5.91 Å². The molecule has 2 amide bonds. The molecule has 1 aromatic carbocycles. The van der Waals surface area contributed by atoms with Crippen molar-refractivity contribution in [1.82, 2.24) is 15.2 Å². The second-order valence-electron chi connectivity index (χ2n) is 6.47. The van der Waals surface area contributed by atoms with Crippen LogP contribution in [-0.4, -0.2) is 47.9 Å². The number of halogens is 2. The highest BCUT2D eigenvalue weighted by atomic mass is 35.5. The number of aromatic nitrogens is 1. The number of likely N-dealkylation sites (tertiary alicyclic amines) is 1. The van der Waals surface area contributed by atoms with Crippen LogP contribution in [0.2, 0.25) is 0 Å². The van der Waals surface area contributed by atoms with E-state index in [4.69, 9.17) is 5.73 Å². The zero-order valence-electron chi connectivity index (χ0n) is 15.7. The van der Waals surface area contributed by atoms with E-state index in [1.807, 2.05) is 37.3 Å². The number of amides is 2. The lowest BCUT2D eigenvalue weighted by Gasteiger charge is -2.31. The minimum absolute atomic E-state index is 0. The number of aryl methyl sites for hydroxylation is 1. The number of carbonyl (C=O) groups is 2. The summed E-state index contributed by atoms with van der Waals surface area (Å²) in [6.45, 7) is 3.89. The van der Waals surface area contributed by atoms with Crippen molar-refractivity contribution in [3.8, 4) is 10.6 Å². The standard InChI is InChI=1S/C19H24N4O2S.2ClH/c1-13-16(26-18(22-13)14-6-3-2-4-7-14)19(25)23-11-5-8-15(12-23)17(24)21-10-9-20;;/h2-4,6-7,15H,5,8-12,20H2,1H3,(H,21,24);2*1H. The third-order valence-corrected chi connectivity index (χ3v) is 5.73. The first-order chi connectivity index (χ1) is 12.6. The van der Waals surface area contributed by atoms with Crippen LogP contribution in [0.1, 0.15) is 28.2 Å². The van der Waals surface area contributed by atoms with Gasteiger partial charge in [0, 0.05) is 31.7 Å². The predicted molar refractivity (Wildman–Crippen MR) is 117 cm³/mol. The molecule has 9 heteroatoms. The van der Waals surface area contributed by atoms with Gasteiger partial charge in [0.05, 0.1) is 11.6 Å². The van der Waals surface area contributed by atoms with Gasteiger partial charge < -0.3 is 16.0 Å². The van der Waals surface area contributed by atoms with Gasteiger partial charge in [-0.25, -0.2) is 4.98 Å². The van der Waals surface area contributed by atoms with Crippen LogP contribution in [0.25, 0.3) is 10.6 Å². The molecular weight excluding hydrogens is 419 g/mol. The van der Waals surface area contributed by atoms with Crippen molar-refractivity contribution < 1.29 is 9.59 Å². The molecule has 1 aliphatic rings. The Labute approximate surface area is 181 Å². The number of carbonyl (C=O) groups excluding carboxylic acids is 2. The summed E-state index contributed by atoms with van der Waals surface area (Å²) in [5, 5.41) is 3.67. The molecule has 0 saturated carbocycles. The van der Waals surface area contributed by atoms with E-state index in [1.165, 1.54) is 11.3 Å². The van der Waals surface area contributed by atoms with Gasteiger partial charge in [0.1, 0.15) is 9.88 Å². The number of nitrogens with two attached hydrogens (primary N) is 1. The van der Waals surface area contributed by atoms with Crippen molar-refractivity contribution in [2.75, 3.05) is 26.2 Å². The van der Waals surface area contributed by atoms with Crippen LogP contribution in [0.4, 0.5) is 0 Å². The molecule has 2 aromatic rings. The van der Waals surface area contributed by atoms with Crippen LogP contribution >= 0.6 is 36.2 Å². The molecule has 1 unspecified atom stereocenters. The Balaban J connectivity index is 0.00000196. The van der Waals surface area contributed by atoms with Crippen LogP contribution in [0, 0.1) is 12.8 Å². The van der Waals surface area contributed by atoms with E-state index in [2.05, 4.69) is 10.3 Å². The van der Waals surface area contributed by atoms with Crippen LogP contribution in [-0.2, 0) is 4.79 Å². The normalized spacial score (nSPS) is 15.9. The molecule has 6 nitrogen and oxygen atoms in total. The van der Waals surface area contributed by atoms with Gasteiger partial charge >= 0.3 is 0 Å². The number of rotatable bonds is 5. The summed E-state index contributed by atoms with van der Waals surface area (Å²) in [7, 11) is 0. The summed E-state index contributed by atoms with van der Waals surface area (Å²) in [6, 6.07) is 9.86. The van der Waals surface area contributed by atoms with Crippen molar-refractivity contribution in [3.05, 3.63) is 40.9 Å². The van der Waals surface area contributed by atoms with Gasteiger partial charge in [-0.1, -0.05) is 30.3 Å². The van der Waals surface area contributed by atoms with E-state index < -0.39 is 0 Å². The van der Waals surface area contributed by atoms with Crippen LogP contribution in [0.5, 0.6) is 0 Å². The smallest absolute Gasteiger partial charge is 0.265 e. The molecule has 28 heavy (non-hydrogen) atoms. The third-order valence-electron chi connectivity index (χ3n) is 4.53. The molecule has 1 aliphatic heterocycles. The molecule has 154 valence electrons. The van der Waals surface area contributed by atoms with Crippen molar-refractivity contribution in [2.45, 2.75) is 19.8 Å². The summed E-state index contributed by atoms with van der Waals surface area (Å²) < 4.78 is 0. The SMILES string of the molecule is Cc1nc(-c2ccccc2)sc1C(=O)N1CCCC(C(=O)NCCN)C1.Cl.Cl. The number of benzene rings is 1. The summed E-state index contributed by atoms with van der Waals surface area (Å²) >= 11 is 1.42. The lowest BCUT2D eigenvalue weighted by atomic mass is 9.97. The van der Waals surface area contributed by atoms with E-state index in [1.54, 1.807) is 4.90 Å². The molecule has 0 bridgehead atoms. The zero-order valence-corrected chi connectivity index (χ0v) is 18.2. The first-order valence-electron chi connectivity index (χ1n) is 8.90. The molecule has 3 N–H and O–H groups in total. The molecule has 0 radical (unpaired) electrons. The topological polar surface area (TPSA) is 88.3 Å². The molecular formula is C19H26Cl2N4O2S. The summed E-state index contributed by atoms with van der Waals surface area (Å²) in [4.78, 5) is 32.2. The van der Waals surface area contributed by atoms with E-state index in [0.717, 1.165) is 29.1 Å². The quantitative estimate of drug-likeness (QED) is 0.741. The number of nitrogens with zero attached hydrogens (tertiary/aromatic N) is 2. The zero-order chi connectivity index (χ0) is 18.5. The fourth-order valence-corrected chi connectivity index (χ4v) is 4.20. The summed E-state index contributed by atoms with van der Waals surface area (Å²) in [5.74, 6) is -0.210. The van der Waals surface area contributed by atoms with Gasteiger partial charge in [-0.05, 0) is 19.8 Å². The molecule has 1 aromatic heterocycles. The summed E-state index contributed by atoms with van der Waals surface area (Å²) in [6.07, 6.45) is 1.63. The van der Waals surface area contributed by atoms with Gasteiger partial charge in [-0.2, -0.15) is 0 Å². The Bertz CT molecular complexity index is 785. The Kier molecular flexibility index (Phi) is 9.89. The maximum absolute atomic E-state index is 13.0. The molecule has 0 aliphatic carbocycles. The van der Waals surface area contributed by atoms with Crippen molar-refractivity contribution in [3.63, 3.8) is 0 Å². The Hall–Kier alpha value is -1.67. The fraction of sp³-hybridized carbons (Fsp3) is 0.421. The van der Waals surface area contributed by atoms with Crippen molar-refractivity contribution in [2.24, 2.45) is 11.7 Å². The highest BCUT2D eigenvalue weighted by molar-refractivity contribution is 7.17. The fourth-order valence-electron chi connectivity index (χ4n) is 3.16. The van der Waals surface area contributed by atoms with Crippen LogP contribution < -0.4 is 11.1 Å². The molecule has 0 spiro atoms. The van der Waals surface area contributed by atoms with Gasteiger partial charge in [-0.3, -0.25) is 9.59 Å². The maximum atomic E-state index is 13.0. The molecule has 1 fully saturated rings. The second kappa shape index (κ2) is 11.4. The number of piperidine rings is 1. The van der Waals surface area contributed by atoms with Gasteiger partial charge in [-0.15, -0.1) is 36.2 Å². The minimum atomic E-state index is -0.166. The lowest BCUT2D eigenvalue weighted by Crippen LogP contribution is -2.46. The first-order valence-corrected chi connectivity index (χ1v) is 9.71. The minimum Gasteiger partial charge on any atom is -0.355 e. The van der Waals surface area contributed by atoms with Gasteiger partial charge in [0.25, 0.3) is 5.91 Å². The maximum Gasteiger partial charge on any atom is 0.265 e. The second-order valence-corrected chi connectivity index (χ2v) is 7.47. The highest BCUT2D eigenvalue weighted by Gasteiger charge is 2.30. The monoisotopic (exact) mass is 444 g/mol. The Morgan fingerprint density at radius 3 is 2.68 bits per heavy atom. The number of nitrogens with one attached hydrogen (secondary N) is 1. The highest BCUT2D eigenvalue weighted by Crippen LogP contribution is 2.29. The first kappa shape index (κ1) is 24.4. The largest absolute Gasteiger partial charge is 0.355 e. The van der Waals surface area contributed by atoms with E-state index in [0.29, 0.717) is 31.1 Å². The van der Waals surface area contributed by atoms with E-state index in [9.17, 15) is 9.59 Å². The lowest BCUT2D eigenvalue weighted by molar-refractivity contribution is -0.126. The average molecular weight is 445 g/mol. The number of hydrogen-bond donors (Lipinski definition) is 2. The molecule has 1 saturated heterocycles. The number of hydrogen-bond acceptors (Lipinski definition) is 5. The van der Waals surface area contributed by atoms with E-state index in [-0.39, 0.29) is 42.5 Å². The predicted octanol–water partition coefficient (Wildman–Crippen LogP) is 2.89. The molecule has 1 atom stereocenters. The molecule has 3 rings (SSSR count). The Morgan fingerprint density at radius 2 is 2.00 bits per heavy atom. The van der Waals surface area contributed by atoms with Crippen LogP contribution in [0.3, 0.4) is 0 Å².